The van der Waals surface area contributed by atoms with Crippen LogP contribution in [0, 0.1) is 6.42 Å². The van der Waals surface area contributed by atoms with Crippen molar-refractivity contribution in [2.75, 3.05) is 0 Å². The van der Waals surface area contributed by atoms with Gasteiger partial charge in [0.2, 0.25) is 0 Å². The molecule has 1 aromatic carbocycles. The molecular formula is C12H9ClF. The van der Waals surface area contributed by atoms with Crippen LogP contribution < -0.4 is 0 Å². The van der Waals surface area contributed by atoms with Crippen LogP contribution in [-0.4, -0.2) is 0 Å². The lowest BCUT2D eigenvalue weighted by molar-refractivity contribution is 0.660. The second-order valence-corrected chi connectivity index (χ2v) is 3.58. The Labute approximate surface area is 87.7 Å². The molecule has 0 aromatic heterocycles. The molecule has 0 aliphatic heterocycles. The van der Waals surface area contributed by atoms with Gasteiger partial charge in [0.05, 0.1) is 0 Å². The van der Waals surface area contributed by atoms with Crippen LogP contribution in [-0.2, 0) is 0 Å². The molecule has 1 aliphatic rings. The molecule has 0 spiro atoms. The van der Waals surface area contributed by atoms with E-state index >= 15 is 0 Å². The molecule has 2 heteroatoms. The Balaban J connectivity index is 2.36. The van der Waals surface area contributed by atoms with Crippen molar-refractivity contribution in [2.24, 2.45) is 0 Å². The molecule has 0 saturated carbocycles. The molecule has 0 N–H and O–H groups in total. The fraction of sp³-hybridized carbons (Fsp3) is 0.0833. The van der Waals surface area contributed by atoms with Crippen LogP contribution in [0.3, 0.4) is 0 Å². The molecule has 0 fully saturated rings. The van der Waals surface area contributed by atoms with E-state index in [1.54, 1.807) is 12.1 Å². The summed E-state index contributed by atoms with van der Waals surface area (Å²) in [4.78, 5) is 0. The molecule has 71 valence electrons. The lowest BCUT2D eigenvalue weighted by atomic mass is 9.97. The van der Waals surface area contributed by atoms with Crippen molar-refractivity contribution >= 4 is 17.2 Å². The summed E-state index contributed by atoms with van der Waals surface area (Å²) in [5.74, 6) is -0.178. The van der Waals surface area contributed by atoms with Crippen LogP contribution >= 0.6 is 11.6 Å². The topological polar surface area (TPSA) is 0 Å². The maximum absolute atomic E-state index is 13.0. The highest BCUT2D eigenvalue weighted by Gasteiger charge is 2.07. The summed E-state index contributed by atoms with van der Waals surface area (Å²) in [6.45, 7) is 0. The number of benzene rings is 1. The fourth-order valence-electron chi connectivity index (χ4n) is 1.43. The monoisotopic (exact) mass is 207 g/mol. The molecule has 0 bridgehead atoms. The number of allylic oxidation sites excluding steroid dienone is 4. The van der Waals surface area contributed by atoms with E-state index in [0.29, 0.717) is 11.4 Å². The molecule has 0 nitrogen and oxygen atoms in total. The van der Waals surface area contributed by atoms with Gasteiger partial charge in [0.25, 0.3) is 0 Å². The van der Waals surface area contributed by atoms with Gasteiger partial charge in [-0.2, -0.15) is 0 Å². The van der Waals surface area contributed by atoms with E-state index in [-0.39, 0.29) is 5.83 Å². The highest BCUT2D eigenvalue weighted by atomic mass is 35.5. The third-order valence-corrected chi connectivity index (χ3v) is 2.34. The molecule has 1 aliphatic carbocycles. The van der Waals surface area contributed by atoms with Gasteiger partial charge in [0.1, 0.15) is 5.83 Å². The molecule has 0 amide bonds. The summed E-state index contributed by atoms with van der Waals surface area (Å²) in [7, 11) is 0. The Bertz CT molecular complexity index is 405. The van der Waals surface area contributed by atoms with E-state index in [4.69, 9.17) is 11.6 Å². The minimum absolute atomic E-state index is 0.178. The first-order valence-electron chi connectivity index (χ1n) is 4.42. The van der Waals surface area contributed by atoms with Gasteiger partial charge in [-0.05, 0) is 48.3 Å². The summed E-state index contributed by atoms with van der Waals surface area (Å²) in [5, 5.41) is 0.673. The van der Waals surface area contributed by atoms with Gasteiger partial charge in [-0.1, -0.05) is 23.7 Å². The predicted molar refractivity (Wildman–Crippen MR) is 57.5 cm³/mol. The second kappa shape index (κ2) is 3.97. The Morgan fingerprint density at radius 3 is 2.86 bits per heavy atom. The zero-order chi connectivity index (χ0) is 9.97. The normalized spacial score (nSPS) is 16.1. The van der Waals surface area contributed by atoms with Gasteiger partial charge < -0.3 is 0 Å². The van der Waals surface area contributed by atoms with Crippen molar-refractivity contribution in [3.8, 4) is 0 Å². The summed E-state index contributed by atoms with van der Waals surface area (Å²) < 4.78 is 13.0. The zero-order valence-electron chi connectivity index (χ0n) is 7.50. The molecule has 14 heavy (non-hydrogen) atoms. The smallest absolute Gasteiger partial charge is 0.119 e. The maximum atomic E-state index is 13.0. The van der Waals surface area contributed by atoms with Crippen molar-refractivity contribution in [1.29, 1.82) is 0 Å². The van der Waals surface area contributed by atoms with E-state index in [1.807, 2.05) is 24.6 Å². The van der Waals surface area contributed by atoms with Crippen molar-refractivity contribution in [1.82, 2.24) is 0 Å². The number of hydrogen-bond acceptors (Lipinski definition) is 0. The Morgan fingerprint density at radius 2 is 2.14 bits per heavy atom. The van der Waals surface area contributed by atoms with Crippen LogP contribution in [0.4, 0.5) is 4.39 Å². The quantitative estimate of drug-likeness (QED) is 0.648. The molecule has 2 rings (SSSR count). The van der Waals surface area contributed by atoms with E-state index in [0.717, 1.165) is 11.1 Å². The lowest BCUT2D eigenvalue weighted by Crippen LogP contribution is -1.90. The molecule has 1 aromatic rings. The van der Waals surface area contributed by atoms with Crippen LogP contribution in [0.15, 0.2) is 42.2 Å². The van der Waals surface area contributed by atoms with Crippen molar-refractivity contribution < 1.29 is 4.39 Å². The van der Waals surface area contributed by atoms with Gasteiger partial charge >= 0.3 is 0 Å². The third-order valence-electron chi connectivity index (χ3n) is 2.10. The lowest BCUT2D eigenvalue weighted by Gasteiger charge is -2.09. The van der Waals surface area contributed by atoms with Crippen LogP contribution in [0.25, 0.3) is 5.57 Å². The van der Waals surface area contributed by atoms with Crippen molar-refractivity contribution in [2.45, 2.75) is 6.42 Å². The maximum Gasteiger partial charge on any atom is 0.119 e. The standard InChI is InChI=1S/C12H9ClF/c13-11-5-1-3-9(7-11)10-4-2-6-12(14)8-10/h1,3-8H,2H2. The van der Waals surface area contributed by atoms with Gasteiger partial charge in [0.15, 0.2) is 0 Å². The largest absolute Gasteiger partial charge is 0.207 e. The Morgan fingerprint density at radius 1 is 1.29 bits per heavy atom. The molecule has 1 radical (unpaired) electrons. The summed E-state index contributed by atoms with van der Waals surface area (Å²) >= 11 is 5.85. The van der Waals surface area contributed by atoms with Crippen LogP contribution in [0.5, 0.6) is 0 Å². The average Bonchev–Trinajstić information content (AvgIpc) is 2.18. The van der Waals surface area contributed by atoms with E-state index in [9.17, 15) is 4.39 Å². The molecule has 0 saturated heterocycles. The molecule has 0 heterocycles. The second-order valence-electron chi connectivity index (χ2n) is 3.14. The summed E-state index contributed by atoms with van der Waals surface area (Å²) in [6.07, 6.45) is 5.70. The third kappa shape index (κ3) is 2.05. The number of rotatable bonds is 1. The van der Waals surface area contributed by atoms with Crippen molar-refractivity contribution in [3.63, 3.8) is 0 Å². The Hall–Kier alpha value is -1.08. The fourth-order valence-corrected chi connectivity index (χ4v) is 1.62. The minimum Gasteiger partial charge on any atom is -0.207 e. The van der Waals surface area contributed by atoms with Crippen molar-refractivity contribution in [3.05, 3.63) is 59.3 Å². The molecular weight excluding hydrogens is 199 g/mol. The predicted octanol–water partition coefficient (Wildman–Crippen LogP) is 4.18. The first kappa shape index (κ1) is 9.47. The van der Waals surface area contributed by atoms with Gasteiger partial charge in [-0.25, -0.2) is 4.39 Å². The van der Waals surface area contributed by atoms with Gasteiger partial charge in [-0.3, -0.25) is 0 Å². The highest BCUT2D eigenvalue weighted by Crippen LogP contribution is 2.27. The first-order chi connectivity index (χ1) is 6.75. The SMILES string of the molecule is FC1=CC[CH]C(c2cccc(Cl)c2)=C1. The highest BCUT2D eigenvalue weighted by molar-refractivity contribution is 6.30. The Kier molecular flexibility index (Phi) is 2.69. The average molecular weight is 208 g/mol. The number of hydrogen-bond donors (Lipinski definition) is 0. The van der Waals surface area contributed by atoms with Crippen LogP contribution in [0.1, 0.15) is 12.0 Å². The van der Waals surface area contributed by atoms with Gasteiger partial charge in [0, 0.05) is 5.02 Å². The molecule has 0 unspecified atom stereocenters. The van der Waals surface area contributed by atoms with Gasteiger partial charge in [-0.15, -0.1) is 0 Å². The first-order valence-corrected chi connectivity index (χ1v) is 4.80. The van der Waals surface area contributed by atoms with Crippen LogP contribution in [0.2, 0.25) is 5.02 Å². The van der Waals surface area contributed by atoms with E-state index in [2.05, 4.69) is 0 Å². The number of halogens is 2. The summed E-state index contributed by atoms with van der Waals surface area (Å²) in [6, 6.07) is 7.43. The van der Waals surface area contributed by atoms with E-state index in [1.165, 1.54) is 6.08 Å². The summed E-state index contributed by atoms with van der Waals surface area (Å²) in [5.41, 5.74) is 1.85. The minimum atomic E-state index is -0.178. The van der Waals surface area contributed by atoms with E-state index < -0.39 is 0 Å². The zero-order valence-corrected chi connectivity index (χ0v) is 8.26. The molecule has 0 atom stereocenters.